The van der Waals surface area contributed by atoms with Crippen molar-refractivity contribution in [3.8, 4) is 0 Å². The standard InChI is InChI=1S/C6H10O4S2.C2H4O2/c7-5(8)1-3-11-12-4-2-6(9)10;1-2(3)4/h1-4H2,(H,7,8)(H,9,10);1H3,(H,3,4). The molecular formula is C8H14O6S2. The molecular weight excluding hydrogens is 256 g/mol. The molecule has 16 heavy (non-hydrogen) atoms. The van der Waals surface area contributed by atoms with Gasteiger partial charge in [0, 0.05) is 18.4 Å². The Hall–Kier alpha value is -0.890. The quantitative estimate of drug-likeness (QED) is 0.470. The lowest BCUT2D eigenvalue weighted by Gasteiger charge is -1.95. The molecule has 0 fully saturated rings. The molecule has 8 heteroatoms. The monoisotopic (exact) mass is 270 g/mol. The van der Waals surface area contributed by atoms with Crippen LogP contribution in [-0.4, -0.2) is 44.7 Å². The lowest BCUT2D eigenvalue weighted by Crippen LogP contribution is -1.96. The Morgan fingerprint density at radius 2 is 1.12 bits per heavy atom. The van der Waals surface area contributed by atoms with Gasteiger partial charge in [-0.25, -0.2) is 0 Å². The van der Waals surface area contributed by atoms with Crippen molar-refractivity contribution in [3.63, 3.8) is 0 Å². The van der Waals surface area contributed by atoms with Gasteiger partial charge >= 0.3 is 11.9 Å². The first kappa shape index (κ1) is 17.5. The van der Waals surface area contributed by atoms with Crippen molar-refractivity contribution in [1.29, 1.82) is 0 Å². The third kappa shape index (κ3) is 29.2. The molecule has 0 rings (SSSR count). The average Bonchev–Trinajstić information content (AvgIpc) is 2.09. The molecule has 0 heterocycles. The van der Waals surface area contributed by atoms with Crippen LogP contribution < -0.4 is 0 Å². The van der Waals surface area contributed by atoms with Crippen LogP contribution in [0.4, 0.5) is 0 Å². The average molecular weight is 270 g/mol. The van der Waals surface area contributed by atoms with Crippen LogP contribution in [0.25, 0.3) is 0 Å². The lowest BCUT2D eigenvalue weighted by molar-refractivity contribution is -0.137. The van der Waals surface area contributed by atoms with Crippen molar-refractivity contribution < 1.29 is 29.7 Å². The summed E-state index contributed by atoms with van der Waals surface area (Å²) in [7, 11) is 2.79. The molecule has 6 nitrogen and oxygen atoms in total. The third-order valence-electron chi connectivity index (χ3n) is 0.882. The van der Waals surface area contributed by atoms with Crippen LogP contribution in [0.2, 0.25) is 0 Å². The van der Waals surface area contributed by atoms with Crippen molar-refractivity contribution in [3.05, 3.63) is 0 Å². The number of rotatable bonds is 7. The molecule has 0 aromatic heterocycles. The number of carboxylic acids is 3. The molecule has 0 spiro atoms. The Labute approximate surface area is 101 Å². The summed E-state index contributed by atoms with van der Waals surface area (Å²) in [4.78, 5) is 29.0. The number of aliphatic carboxylic acids is 3. The van der Waals surface area contributed by atoms with E-state index in [9.17, 15) is 9.59 Å². The lowest BCUT2D eigenvalue weighted by atomic mass is 10.5. The maximum Gasteiger partial charge on any atom is 0.304 e. The van der Waals surface area contributed by atoms with Crippen molar-refractivity contribution in [1.82, 2.24) is 0 Å². The highest BCUT2D eigenvalue weighted by molar-refractivity contribution is 8.76. The Morgan fingerprint density at radius 3 is 1.31 bits per heavy atom. The first-order valence-electron chi connectivity index (χ1n) is 4.23. The summed E-state index contributed by atoms with van der Waals surface area (Å²) in [5, 5.41) is 23.9. The summed E-state index contributed by atoms with van der Waals surface area (Å²) in [6.45, 7) is 1.08. The molecule has 0 aliphatic heterocycles. The molecule has 0 aromatic rings. The van der Waals surface area contributed by atoms with E-state index in [4.69, 9.17) is 20.1 Å². The van der Waals surface area contributed by atoms with Gasteiger partial charge in [-0.3, -0.25) is 14.4 Å². The minimum atomic E-state index is -0.833. The minimum absolute atomic E-state index is 0.130. The highest BCUT2D eigenvalue weighted by atomic mass is 33.1. The van der Waals surface area contributed by atoms with E-state index >= 15 is 0 Å². The molecule has 0 radical (unpaired) electrons. The second-order valence-electron chi connectivity index (χ2n) is 2.45. The maximum absolute atomic E-state index is 10.0. The zero-order chi connectivity index (χ0) is 13.0. The summed E-state index contributed by atoms with van der Waals surface area (Å²) >= 11 is 0. The van der Waals surface area contributed by atoms with Crippen molar-refractivity contribution in [2.24, 2.45) is 0 Å². The van der Waals surface area contributed by atoms with E-state index in [0.29, 0.717) is 11.5 Å². The fourth-order valence-corrected chi connectivity index (χ4v) is 2.33. The van der Waals surface area contributed by atoms with E-state index in [1.54, 1.807) is 0 Å². The van der Waals surface area contributed by atoms with Gasteiger partial charge in [0.05, 0.1) is 12.8 Å². The first-order valence-corrected chi connectivity index (χ1v) is 6.72. The zero-order valence-corrected chi connectivity index (χ0v) is 10.3. The molecule has 3 N–H and O–H groups in total. The predicted molar refractivity (Wildman–Crippen MR) is 62.7 cm³/mol. The summed E-state index contributed by atoms with van der Waals surface area (Å²) in [6, 6.07) is 0. The summed E-state index contributed by atoms with van der Waals surface area (Å²) in [5.74, 6) is -1.41. The first-order chi connectivity index (χ1) is 7.36. The van der Waals surface area contributed by atoms with Gasteiger partial charge in [-0.05, 0) is 0 Å². The van der Waals surface area contributed by atoms with Crippen molar-refractivity contribution in [2.75, 3.05) is 11.5 Å². The van der Waals surface area contributed by atoms with Crippen LogP contribution in [0.5, 0.6) is 0 Å². The van der Waals surface area contributed by atoms with E-state index in [-0.39, 0.29) is 12.8 Å². The van der Waals surface area contributed by atoms with Gasteiger partial charge in [0.2, 0.25) is 0 Å². The Kier molecular flexibility index (Phi) is 13.3. The minimum Gasteiger partial charge on any atom is -0.481 e. The Balaban J connectivity index is 0. The highest BCUT2D eigenvalue weighted by Gasteiger charge is 1.99. The predicted octanol–water partition coefficient (Wildman–Crippen LogP) is 1.41. The molecule has 0 bridgehead atoms. The molecule has 0 atom stereocenters. The molecule has 94 valence electrons. The SMILES string of the molecule is CC(=O)O.O=C(O)CCSSCCC(=O)O. The number of hydrogen-bond acceptors (Lipinski definition) is 5. The van der Waals surface area contributed by atoms with Gasteiger partial charge < -0.3 is 15.3 Å². The number of carbonyl (C=O) groups is 3. The van der Waals surface area contributed by atoms with Crippen LogP contribution in [0, 0.1) is 0 Å². The number of hydrogen-bond donors (Lipinski definition) is 3. The second-order valence-corrected chi connectivity index (χ2v) is 5.15. The Morgan fingerprint density at radius 1 is 0.875 bits per heavy atom. The van der Waals surface area contributed by atoms with E-state index in [0.717, 1.165) is 6.92 Å². The van der Waals surface area contributed by atoms with Gasteiger partial charge in [-0.1, -0.05) is 21.6 Å². The highest BCUT2D eigenvalue weighted by Crippen LogP contribution is 2.22. The normalized spacial score (nSPS) is 8.81. The topological polar surface area (TPSA) is 112 Å². The molecule has 0 unspecified atom stereocenters. The van der Waals surface area contributed by atoms with Crippen LogP contribution in [0.15, 0.2) is 0 Å². The van der Waals surface area contributed by atoms with E-state index in [1.165, 1.54) is 21.6 Å². The Bertz CT molecular complexity index is 209. The van der Waals surface area contributed by atoms with Crippen LogP contribution in [0.1, 0.15) is 19.8 Å². The summed E-state index contributed by atoms with van der Waals surface area (Å²) in [5.41, 5.74) is 0. The molecule has 0 saturated carbocycles. The largest absolute Gasteiger partial charge is 0.481 e. The fraction of sp³-hybridized carbons (Fsp3) is 0.625. The van der Waals surface area contributed by atoms with Crippen LogP contribution in [-0.2, 0) is 14.4 Å². The van der Waals surface area contributed by atoms with Gasteiger partial charge in [0.25, 0.3) is 5.97 Å². The van der Waals surface area contributed by atoms with Crippen molar-refractivity contribution >= 4 is 39.5 Å². The third-order valence-corrected chi connectivity index (χ3v) is 3.29. The van der Waals surface area contributed by atoms with E-state index in [1.807, 2.05) is 0 Å². The smallest absolute Gasteiger partial charge is 0.304 e. The van der Waals surface area contributed by atoms with Crippen LogP contribution in [0.3, 0.4) is 0 Å². The van der Waals surface area contributed by atoms with Gasteiger partial charge in [-0.2, -0.15) is 0 Å². The zero-order valence-electron chi connectivity index (χ0n) is 8.71. The molecule has 0 saturated heterocycles. The molecule has 0 aliphatic rings. The van der Waals surface area contributed by atoms with Gasteiger partial charge in [0.1, 0.15) is 0 Å². The van der Waals surface area contributed by atoms with Crippen molar-refractivity contribution in [2.45, 2.75) is 19.8 Å². The maximum atomic E-state index is 10.0. The molecule has 0 aliphatic carbocycles. The number of carboxylic acid groups (broad SMARTS) is 3. The molecule has 0 amide bonds. The fourth-order valence-electron chi connectivity index (χ4n) is 0.376. The van der Waals surface area contributed by atoms with Crippen LogP contribution >= 0.6 is 21.6 Å². The summed E-state index contributed by atoms with van der Waals surface area (Å²) in [6.07, 6.45) is 0.259. The molecule has 0 aromatic carbocycles. The van der Waals surface area contributed by atoms with Gasteiger partial charge in [0.15, 0.2) is 0 Å². The second kappa shape index (κ2) is 12.2. The van der Waals surface area contributed by atoms with Gasteiger partial charge in [-0.15, -0.1) is 0 Å². The van der Waals surface area contributed by atoms with E-state index in [2.05, 4.69) is 0 Å². The van der Waals surface area contributed by atoms with E-state index < -0.39 is 17.9 Å². The summed E-state index contributed by atoms with van der Waals surface area (Å²) < 4.78 is 0.